The van der Waals surface area contributed by atoms with Crippen LogP contribution in [0.1, 0.15) is 25.8 Å². The normalized spacial score (nSPS) is 17.9. The Bertz CT molecular complexity index is 678. The number of carbonyl (C=O) groups is 3. The molecule has 1 fully saturated rings. The van der Waals surface area contributed by atoms with Crippen molar-refractivity contribution in [3.05, 3.63) is 29.8 Å². The van der Waals surface area contributed by atoms with Crippen LogP contribution in [0.5, 0.6) is 0 Å². The van der Waals surface area contributed by atoms with Gasteiger partial charge in [-0.05, 0) is 38.3 Å². The number of hydrogen-bond acceptors (Lipinski definition) is 3. The van der Waals surface area contributed by atoms with Gasteiger partial charge in [-0.25, -0.2) is 0 Å². The zero-order valence-electron chi connectivity index (χ0n) is 14.9. The minimum atomic E-state index is -1.12. The van der Waals surface area contributed by atoms with E-state index in [2.05, 4.69) is 0 Å². The summed E-state index contributed by atoms with van der Waals surface area (Å²) in [6.45, 7) is 6.06. The molecule has 3 amide bonds. The first-order valence-corrected chi connectivity index (χ1v) is 8.84. The minimum Gasteiger partial charge on any atom is -0.342 e. The van der Waals surface area contributed by atoms with Crippen LogP contribution in [0.3, 0.4) is 0 Å². The van der Waals surface area contributed by atoms with Crippen molar-refractivity contribution in [1.82, 2.24) is 9.80 Å². The Morgan fingerprint density at radius 3 is 2.36 bits per heavy atom. The maximum atomic E-state index is 13.2. The summed E-state index contributed by atoms with van der Waals surface area (Å²) in [5, 5.41) is 0. The van der Waals surface area contributed by atoms with E-state index < -0.39 is 5.41 Å². The van der Waals surface area contributed by atoms with Crippen molar-refractivity contribution in [2.24, 2.45) is 5.41 Å². The highest BCUT2D eigenvalue weighted by atomic mass is 16.2. The highest BCUT2D eigenvalue weighted by molar-refractivity contribution is 6.11. The van der Waals surface area contributed by atoms with E-state index in [4.69, 9.17) is 0 Å². The van der Waals surface area contributed by atoms with E-state index in [-0.39, 0.29) is 11.8 Å². The Hall–Kier alpha value is -2.37. The second-order valence-electron chi connectivity index (χ2n) is 7.25. The van der Waals surface area contributed by atoms with Crippen LogP contribution >= 0.6 is 0 Å². The molecule has 0 N–H and O–H groups in total. The van der Waals surface area contributed by atoms with E-state index >= 15 is 0 Å². The number of nitrogens with zero attached hydrogens (tertiary/aromatic N) is 3. The molecule has 0 radical (unpaired) electrons. The van der Waals surface area contributed by atoms with Crippen molar-refractivity contribution < 1.29 is 14.4 Å². The van der Waals surface area contributed by atoms with Crippen molar-refractivity contribution in [1.29, 1.82) is 0 Å². The van der Waals surface area contributed by atoms with E-state index in [0.717, 1.165) is 30.5 Å². The summed E-state index contributed by atoms with van der Waals surface area (Å²) in [5.41, 5.74) is 0.962. The molecule has 1 aromatic carbocycles. The molecule has 1 saturated heterocycles. The topological polar surface area (TPSA) is 60.9 Å². The van der Waals surface area contributed by atoms with Crippen molar-refractivity contribution in [3.8, 4) is 0 Å². The summed E-state index contributed by atoms with van der Waals surface area (Å²) < 4.78 is 0. The second kappa shape index (κ2) is 6.86. The maximum Gasteiger partial charge on any atom is 0.242 e. The van der Waals surface area contributed by atoms with Crippen LogP contribution in [0.15, 0.2) is 24.3 Å². The van der Waals surface area contributed by atoms with Crippen LogP contribution in [0, 0.1) is 5.41 Å². The molecule has 0 saturated carbocycles. The predicted molar refractivity (Wildman–Crippen MR) is 95.1 cm³/mol. The van der Waals surface area contributed by atoms with Gasteiger partial charge in [-0.2, -0.15) is 0 Å². The van der Waals surface area contributed by atoms with Crippen LogP contribution in [0.25, 0.3) is 0 Å². The third-order valence-electron chi connectivity index (χ3n) is 5.18. The van der Waals surface area contributed by atoms with Gasteiger partial charge in [0.25, 0.3) is 0 Å². The first kappa shape index (κ1) is 17.5. The van der Waals surface area contributed by atoms with Gasteiger partial charge in [-0.15, -0.1) is 0 Å². The molecular weight excluding hydrogens is 318 g/mol. The number of piperazine rings is 1. The lowest BCUT2D eigenvalue weighted by Gasteiger charge is -2.39. The average Bonchev–Trinajstić information content (AvgIpc) is 2.66. The summed E-state index contributed by atoms with van der Waals surface area (Å²) in [6.07, 6.45) is 2.68. The average molecular weight is 343 g/mol. The number of carbonyl (C=O) groups excluding carboxylic acids is 3. The number of rotatable bonds is 3. The highest BCUT2D eigenvalue weighted by Gasteiger charge is 2.43. The number of benzene rings is 1. The fourth-order valence-electron chi connectivity index (χ4n) is 3.60. The molecule has 6 heteroatoms. The molecule has 0 aromatic heterocycles. The molecule has 0 atom stereocenters. The van der Waals surface area contributed by atoms with E-state index in [9.17, 15) is 14.4 Å². The summed E-state index contributed by atoms with van der Waals surface area (Å²) in [5.74, 6) is -0.312. The Balaban J connectivity index is 1.77. The molecule has 3 rings (SSSR count). The molecule has 25 heavy (non-hydrogen) atoms. The van der Waals surface area contributed by atoms with Gasteiger partial charge in [-0.1, -0.05) is 18.2 Å². The highest BCUT2D eigenvalue weighted by Crippen LogP contribution is 2.32. The maximum absolute atomic E-state index is 13.2. The number of aryl methyl sites for hydroxylation is 1. The van der Waals surface area contributed by atoms with E-state index in [1.54, 1.807) is 28.5 Å². The summed E-state index contributed by atoms with van der Waals surface area (Å²) in [6, 6.07) is 7.91. The van der Waals surface area contributed by atoms with Crippen LogP contribution in [-0.2, 0) is 20.8 Å². The quantitative estimate of drug-likeness (QED) is 0.614. The minimum absolute atomic E-state index is 0.150. The van der Waals surface area contributed by atoms with Gasteiger partial charge in [0.05, 0.1) is 0 Å². The Morgan fingerprint density at radius 2 is 1.68 bits per heavy atom. The fraction of sp³-hybridized carbons (Fsp3) is 0.526. The zero-order valence-corrected chi connectivity index (χ0v) is 14.9. The Kier molecular flexibility index (Phi) is 4.79. The first-order valence-electron chi connectivity index (χ1n) is 8.84. The second-order valence-corrected chi connectivity index (χ2v) is 7.25. The van der Waals surface area contributed by atoms with E-state index in [0.29, 0.717) is 32.7 Å². The molecule has 0 spiro atoms. The van der Waals surface area contributed by atoms with Gasteiger partial charge in [0, 0.05) is 38.4 Å². The Morgan fingerprint density at radius 1 is 1.00 bits per heavy atom. The lowest BCUT2D eigenvalue weighted by molar-refractivity contribution is -0.149. The SMILES string of the molecule is CC(C)(C(=O)N1CCN(C=O)CC1)C(=O)N1CCCc2ccccc21. The largest absolute Gasteiger partial charge is 0.342 e. The van der Waals surface area contributed by atoms with Gasteiger partial charge < -0.3 is 14.7 Å². The smallest absolute Gasteiger partial charge is 0.242 e. The first-order chi connectivity index (χ1) is 11.9. The molecule has 2 heterocycles. The standard InChI is InChI=1S/C19H25N3O3/c1-19(2,17(24)21-12-10-20(14-23)11-13-21)18(25)22-9-5-7-15-6-3-4-8-16(15)22/h3-4,6,8,14H,5,7,9-13H2,1-2H3. The van der Waals surface area contributed by atoms with Gasteiger partial charge in [0.1, 0.15) is 5.41 Å². The summed E-state index contributed by atoms with van der Waals surface area (Å²) in [4.78, 5) is 42.1. The lowest BCUT2D eigenvalue weighted by atomic mass is 9.87. The molecule has 6 nitrogen and oxygen atoms in total. The number of para-hydroxylation sites is 1. The fourth-order valence-corrected chi connectivity index (χ4v) is 3.60. The molecule has 2 aliphatic heterocycles. The van der Waals surface area contributed by atoms with E-state index in [1.165, 1.54) is 0 Å². The predicted octanol–water partition coefficient (Wildman–Crippen LogP) is 1.29. The monoisotopic (exact) mass is 343 g/mol. The van der Waals surface area contributed by atoms with Gasteiger partial charge in [0.2, 0.25) is 18.2 Å². The summed E-state index contributed by atoms with van der Waals surface area (Å²) >= 11 is 0. The Labute approximate surface area is 148 Å². The van der Waals surface area contributed by atoms with Crippen molar-refractivity contribution in [2.45, 2.75) is 26.7 Å². The van der Waals surface area contributed by atoms with Crippen molar-refractivity contribution in [3.63, 3.8) is 0 Å². The number of amides is 3. The molecule has 0 bridgehead atoms. The molecule has 1 aromatic rings. The molecule has 0 unspecified atom stereocenters. The van der Waals surface area contributed by atoms with Gasteiger partial charge in [-0.3, -0.25) is 14.4 Å². The van der Waals surface area contributed by atoms with Gasteiger partial charge >= 0.3 is 0 Å². The third-order valence-corrected chi connectivity index (χ3v) is 5.18. The number of fused-ring (bicyclic) bond motifs is 1. The van der Waals surface area contributed by atoms with Crippen LogP contribution in [0.2, 0.25) is 0 Å². The van der Waals surface area contributed by atoms with Gasteiger partial charge in [0.15, 0.2) is 0 Å². The zero-order chi connectivity index (χ0) is 18.0. The van der Waals surface area contributed by atoms with Crippen LogP contribution in [-0.4, -0.2) is 60.7 Å². The van der Waals surface area contributed by atoms with Crippen LogP contribution in [0.4, 0.5) is 5.69 Å². The molecule has 134 valence electrons. The van der Waals surface area contributed by atoms with Crippen LogP contribution < -0.4 is 4.90 Å². The number of hydrogen-bond donors (Lipinski definition) is 0. The van der Waals surface area contributed by atoms with Crippen molar-refractivity contribution in [2.75, 3.05) is 37.6 Å². The molecular formula is C19H25N3O3. The number of anilines is 1. The van der Waals surface area contributed by atoms with Crippen molar-refractivity contribution >= 4 is 23.9 Å². The van der Waals surface area contributed by atoms with E-state index in [1.807, 2.05) is 24.3 Å². The summed E-state index contributed by atoms with van der Waals surface area (Å²) in [7, 11) is 0. The molecule has 2 aliphatic rings. The molecule has 0 aliphatic carbocycles. The lowest BCUT2D eigenvalue weighted by Crippen LogP contribution is -2.56. The third kappa shape index (κ3) is 3.25.